The highest BCUT2D eigenvalue weighted by atomic mass is 35.5. The van der Waals surface area contributed by atoms with Gasteiger partial charge in [0.05, 0.1) is 0 Å². The second kappa shape index (κ2) is 3.34. The van der Waals surface area contributed by atoms with E-state index >= 15 is 0 Å². The maximum absolute atomic E-state index is 11.4. The number of halogens is 3. The zero-order valence-corrected chi connectivity index (χ0v) is 9.90. The van der Waals surface area contributed by atoms with Gasteiger partial charge in [0.2, 0.25) is 0 Å². The number of amides is 1. The summed E-state index contributed by atoms with van der Waals surface area (Å²) < 4.78 is -1.55. The van der Waals surface area contributed by atoms with Gasteiger partial charge in [0.25, 0.3) is 5.91 Å². The van der Waals surface area contributed by atoms with Crippen molar-refractivity contribution in [3.8, 4) is 0 Å². The molecule has 0 bridgehead atoms. The summed E-state index contributed by atoms with van der Waals surface area (Å²) in [5, 5.41) is 0. The lowest BCUT2D eigenvalue weighted by Crippen LogP contribution is -2.48. The number of aliphatic imine (C=N–C) groups is 2. The molecule has 0 saturated carbocycles. The third-order valence-corrected chi connectivity index (χ3v) is 3.53. The van der Waals surface area contributed by atoms with E-state index < -0.39 is 15.1 Å². The van der Waals surface area contributed by atoms with E-state index in [1.165, 1.54) is 0 Å². The van der Waals surface area contributed by atoms with Crippen LogP contribution in [0.25, 0.3) is 0 Å². The number of nitrogens with two attached hydrogens (primary N) is 1. The van der Waals surface area contributed by atoms with Crippen LogP contribution in [0.5, 0.6) is 0 Å². The van der Waals surface area contributed by atoms with Gasteiger partial charge in [0.1, 0.15) is 10.7 Å². The van der Waals surface area contributed by atoms with Crippen LogP contribution >= 0.6 is 34.8 Å². The quantitative estimate of drug-likeness (QED) is 0.678. The van der Waals surface area contributed by atoms with Crippen molar-refractivity contribution >= 4 is 52.4 Å². The Bertz CT molecular complexity index is 391. The molecular weight excluding hydrogens is 260 g/mol. The molecular formula is C8H8Cl3N3O. The molecule has 2 rings (SSSR count). The van der Waals surface area contributed by atoms with Gasteiger partial charge < -0.3 is 5.73 Å². The topological polar surface area (TPSA) is 67.8 Å². The van der Waals surface area contributed by atoms with Crippen LogP contribution in [-0.4, -0.2) is 26.8 Å². The lowest BCUT2D eigenvalue weighted by atomic mass is 9.90. The molecule has 0 aromatic carbocycles. The lowest BCUT2D eigenvalue weighted by Gasteiger charge is -2.36. The smallest absolute Gasteiger partial charge is 0.283 e. The summed E-state index contributed by atoms with van der Waals surface area (Å²) in [5.74, 6) is 0.0277. The number of alkyl halides is 3. The Labute approximate surface area is 101 Å². The highest BCUT2D eigenvalue weighted by Gasteiger charge is 2.51. The number of carbonyl (C=O) groups is 1. The minimum absolute atomic E-state index is 0.110. The van der Waals surface area contributed by atoms with Gasteiger partial charge >= 0.3 is 0 Å². The molecule has 2 heterocycles. The van der Waals surface area contributed by atoms with Crippen molar-refractivity contribution in [2.24, 2.45) is 15.7 Å². The first kappa shape index (κ1) is 11.2. The summed E-state index contributed by atoms with van der Waals surface area (Å²) in [6, 6.07) is 0. The number of rotatable bonds is 0. The third kappa shape index (κ3) is 1.86. The lowest BCUT2D eigenvalue weighted by molar-refractivity contribution is -0.119. The molecule has 15 heavy (non-hydrogen) atoms. The van der Waals surface area contributed by atoms with E-state index in [-0.39, 0.29) is 12.3 Å². The van der Waals surface area contributed by atoms with Crippen molar-refractivity contribution in [3.63, 3.8) is 0 Å². The van der Waals surface area contributed by atoms with Gasteiger partial charge in [-0.1, -0.05) is 23.2 Å². The normalized spacial score (nSPS) is 34.2. The Morgan fingerprint density at radius 1 is 1.27 bits per heavy atom. The molecule has 0 aromatic heterocycles. The summed E-state index contributed by atoms with van der Waals surface area (Å²) in [7, 11) is 0. The van der Waals surface area contributed by atoms with Crippen molar-refractivity contribution in [2.45, 2.75) is 28.5 Å². The average molecular weight is 269 g/mol. The summed E-state index contributed by atoms with van der Waals surface area (Å²) in [5.41, 5.74) is 5.55. The first-order valence-corrected chi connectivity index (χ1v) is 5.50. The minimum atomic E-state index is -1.55. The molecule has 0 unspecified atom stereocenters. The van der Waals surface area contributed by atoms with E-state index in [1.807, 2.05) is 0 Å². The second-order valence-electron chi connectivity index (χ2n) is 3.69. The Hall–Kier alpha value is -0.320. The third-order valence-electron chi connectivity index (χ3n) is 2.45. The molecule has 1 amide bonds. The molecule has 0 aromatic rings. The number of amidine groups is 2. The van der Waals surface area contributed by atoms with Gasteiger partial charge in [-0.25, -0.2) is 4.99 Å². The summed E-state index contributed by atoms with van der Waals surface area (Å²) in [6.07, 6.45) is 1.21. The molecule has 0 fully saturated rings. The number of fused-ring (bicyclic) bond motifs is 1. The molecule has 0 spiro atoms. The number of carbonyl (C=O) groups excluding carboxylic acids is 1. The molecule has 2 aliphatic heterocycles. The monoisotopic (exact) mass is 267 g/mol. The van der Waals surface area contributed by atoms with Crippen molar-refractivity contribution in [3.05, 3.63) is 0 Å². The predicted molar refractivity (Wildman–Crippen MR) is 60.9 cm³/mol. The van der Waals surface area contributed by atoms with Crippen molar-refractivity contribution in [1.82, 2.24) is 0 Å². The second-order valence-corrected chi connectivity index (χ2v) is 5.90. The fraction of sp³-hybridized carbons (Fsp3) is 0.625. The van der Waals surface area contributed by atoms with Crippen molar-refractivity contribution in [2.75, 3.05) is 0 Å². The fourth-order valence-corrected chi connectivity index (χ4v) is 2.69. The van der Waals surface area contributed by atoms with Gasteiger partial charge in [0.15, 0.2) is 10.2 Å². The van der Waals surface area contributed by atoms with E-state index in [2.05, 4.69) is 9.98 Å². The van der Waals surface area contributed by atoms with Gasteiger partial charge in [-0.3, -0.25) is 4.79 Å². The molecule has 1 atom stereocenters. The molecule has 2 aliphatic rings. The predicted octanol–water partition coefficient (Wildman–Crippen LogP) is 1.62. The Morgan fingerprint density at radius 3 is 2.60 bits per heavy atom. The highest BCUT2D eigenvalue weighted by Crippen LogP contribution is 2.44. The summed E-state index contributed by atoms with van der Waals surface area (Å²) in [6.45, 7) is 0. The number of nitrogens with zero attached hydrogens (tertiary/aromatic N) is 2. The zero-order chi connectivity index (χ0) is 11.3. The van der Waals surface area contributed by atoms with Crippen molar-refractivity contribution < 1.29 is 4.79 Å². The molecule has 2 N–H and O–H groups in total. The SMILES string of the molecule is NC1=NC2=NC(=O)C(Cl)(Cl)C[C@]2(Cl)CC1. The Morgan fingerprint density at radius 2 is 1.93 bits per heavy atom. The van der Waals surface area contributed by atoms with E-state index in [9.17, 15) is 4.79 Å². The maximum atomic E-state index is 11.4. The van der Waals surface area contributed by atoms with Crippen LogP contribution in [0.15, 0.2) is 9.98 Å². The van der Waals surface area contributed by atoms with Crippen LogP contribution in [0.1, 0.15) is 19.3 Å². The Kier molecular flexibility index (Phi) is 2.48. The van der Waals surface area contributed by atoms with Crippen LogP contribution in [0.4, 0.5) is 0 Å². The van der Waals surface area contributed by atoms with E-state index in [0.717, 1.165) is 0 Å². The molecule has 0 saturated heterocycles. The maximum Gasteiger partial charge on any atom is 0.283 e. The van der Waals surface area contributed by atoms with Gasteiger partial charge in [-0.2, -0.15) is 4.99 Å². The van der Waals surface area contributed by atoms with E-state index in [0.29, 0.717) is 18.7 Å². The largest absolute Gasteiger partial charge is 0.387 e. The molecule has 4 nitrogen and oxygen atoms in total. The van der Waals surface area contributed by atoms with E-state index in [1.54, 1.807) is 0 Å². The minimum Gasteiger partial charge on any atom is -0.387 e. The number of hydrogen-bond donors (Lipinski definition) is 1. The average Bonchev–Trinajstić information content (AvgIpc) is 2.09. The first-order chi connectivity index (χ1) is 6.83. The Balaban J connectivity index is 2.47. The van der Waals surface area contributed by atoms with Gasteiger partial charge in [-0.15, -0.1) is 11.6 Å². The molecule has 0 aliphatic carbocycles. The van der Waals surface area contributed by atoms with Gasteiger partial charge in [-0.05, 0) is 6.42 Å². The molecule has 0 radical (unpaired) electrons. The standard InChI is InChI=1S/C8H8Cl3N3O/c9-7-2-1-4(12)13-5(7)14-6(15)8(10,11)3-7/h1-3H2,(H2,12,13,14,15)/t7-/m1/s1. The molecule has 82 valence electrons. The van der Waals surface area contributed by atoms with Crippen molar-refractivity contribution in [1.29, 1.82) is 0 Å². The van der Waals surface area contributed by atoms with Crippen LogP contribution in [0.3, 0.4) is 0 Å². The zero-order valence-electron chi connectivity index (χ0n) is 7.64. The van der Waals surface area contributed by atoms with Crippen LogP contribution in [-0.2, 0) is 4.79 Å². The van der Waals surface area contributed by atoms with Crippen LogP contribution in [0, 0.1) is 0 Å². The fourth-order valence-electron chi connectivity index (χ4n) is 1.63. The molecule has 7 heteroatoms. The van der Waals surface area contributed by atoms with Gasteiger partial charge in [0, 0.05) is 12.8 Å². The first-order valence-electron chi connectivity index (χ1n) is 4.37. The van der Waals surface area contributed by atoms with Crippen LogP contribution < -0.4 is 5.73 Å². The summed E-state index contributed by atoms with van der Waals surface area (Å²) >= 11 is 17.9. The summed E-state index contributed by atoms with van der Waals surface area (Å²) in [4.78, 5) is 18.2. The highest BCUT2D eigenvalue weighted by molar-refractivity contribution is 6.60. The van der Waals surface area contributed by atoms with Crippen LogP contribution in [0.2, 0.25) is 0 Å². The number of hydrogen-bond acceptors (Lipinski definition) is 3. The van der Waals surface area contributed by atoms with E-state index in [4.69, 9.17) is 40.5 Å².